The molecule has 1 fully saturated rings. The van der Waals surface area contributed by atoms with Crippen LogP contribution >= 0.6 is 0 Å². The molecule has 1 saturated heterocycles. The Bertz CT molecular complexity index is 674. The van der Waals surface area contributed by atoms with E-state index in [1.807, 2.05) is 6.07 Å². The summed E-state index contributed by atoms with van der Waals surface area (Å²) < 4.78 is 0. The molecule has 0 aliphatic carbocycles. The molecule has 2 aromatic rings. The highest BCUT2D eigenvalue weighted by Crippen LogP contribution is 2.21. The minimum absolute atomic E-state index is 0.0178. The van der Waals surface area contributed by atoms with Crippen LogP contribution < -0.4 is 11.1 Å². The minimum atomic E-state index is -0.0178. The average molecular weight is 324 g/mol. The molecular weight excluding hydrogens is 300 g/mol. The number of benzene rings is 1. The zero-order valence-electron chi connectivity index (χ0n) is 13.8. The molecule has 126 valence electrons. The summed E-state index contributed by atoms with van der Waals surface area (Å²) in [5.74, 6) is 0.381. The van der Waals surface area contributed by atoms with Gasteiger partial charge < -0.3 is 11.1 Å². The molecule has 0 spiro atoms. The van der Waals surface area contributed by atoms with Crippen LogP contribution in [0.15, 0.2) is 48.7 Å². The molecule has 1 aliphatic heterocycles. The quantitative estimate of drug-likeness (QED) is 0.907. The van der Waals surface area contributed by atoms with Gasteiger partial charge in [0.1, 0.15) is 5.82 Å². The van der Waals surface area contributed by atoms with Crippen molar-refractivity contribution in [1.29, 1.82) is 0 Å². The Morgan fingerprint density at radius 1 is 1.21 bits per heavy atom. The Morgan fingerprint density at radius 2 is 2.04 bits per heavy atom. The lowest BCUT2D eigenvalue weighted by molar-refractivity contribution is -0.120. The maximum Gasteiger partial charge on any atom is 0.228 e. The molecule has 1 aliphatic rings. The third-order valence-corrected chi connectivity index (χ3v) is 4.47. The largest absolute Gasteiger partial charge is 0.382 e. The number of aromatic nitrogens is 1. The van der Waals surface area contributed by atoms with E-state index < -0.39 is 0 Å². The first-order valence-corrected chi connectivity index (χ1v) is 8.50. The van der Waals surface area contributed by atoms with E-state index in [-0.39, 0.29) is 11.8 Å². The van der Waals surface area contributed by atoms with Gasteiger partial charge in [0.2, 0.25) is 5.91 Å². The fourth-order valence-corrected chi connectivity index (χ4v) is 3.18. The molecule has 5 heteroatoms. The number of likely N-dealkylation sites (tertiary alicyclic amines) is 1. The number of carbonyl (C=O) groups excluding carboxylic acids is 1. The lowest BCUT2D eigenvalue weighted by Crippen LogP contribution is -2.34. The number of nitrogen functional groups attached to an aromatic ring is 1. The van der Waals surface area contributed by atoms with Crippen LogP contribution in [0.4, 0.5) is 11.5 Å². The third kappa shape index (κ3) is 4.32. The topological polar surface area (TPSA) is 71.2 Å². The molecular formula is C19H24N4O. The molecule has 1 aromatic heterocycles. The van der Waals surface area contributed by atoms with Crippen molar-refractivity contribution in [3.8, 4) is 0 Å². The van der Waals surface area contributed by atoms with Crippen molar-refractivity contribution in [3.63, 3.8) is 0 Å². The number of anilines is 2. The summed E-state index contributed by atoms with van der Waals surface area (Å²) >= 11 is 0. The smallest absolute Gasteiger partial charge is 0.228 e. The van der Waals surface area contributed by atoms with Crippen molar-refractivity contribution < 1.29 is 4.79 Å². The highest BCUT2D eigenvalue weighted by Gasteiger charge is 2.24. The molecule has 3 rings (SSSR count). The molecule has 3 N–H and O–H groups in total. The van der Waals surface area contributed by atoms with Crippen LogP contribution in [0.25, 0.3) is 0 Å². The van der Waals surface area contributed by atoms with Crippen LogP contribution in [-0.2, 0) is 11.3 Å². The Kier molecular flexibility index (Phi) is 5.43. The first-order valence-electron chi connectivity index (χ1n) is 8.50. The maximum absolute atomic E-state index is 12.6. The van der Waals surface area contributed by atoms with Gasteiger partial charge in [0.25, 0.3) is 0 Å². The monoisotopic (exact) mass is 324 g/mol. The van der Waals surface area contributed by atoms with E-state index >= 15 is 0 Å². The fraction of sp³-hybridized carbons (Fsp3) is 0.368. The number of nitrogens with two attached hydrogens (primary N) is 1. The second-order valence-electron chi connectivity index (χ2n) is 6.34. The maximum atomic E-state index is 12.6. The van der Waals surface area contributed by atoms with Gasteiger partial charge in [0, 0.05) is 19.3 Å². The number of carbonyl (C=O) groups is 1. The third-order valence-electron chi connectivity index (χ3n) is 4.47. The predicted molar refractivity (Wildman–Crippen MR) is 96.3 cm³/mol. The van der Waals surface area contributed by atoms with Crippen molar-refractivity contribution in [1.82, 2.24) is 9.88 Å². The van der Waals surface area contributed by atoms with Crippen molar-refractivity contribution in [2.24, 2.45) is 5.92 Å². The summed E-state index contributed by atoms with van der Waals surface area (Å²) in [6.07, 6.45) is 4.74. The van der Waals surface area contributed by atoms with Crippen LogP contribution in [0.1, 0.15) is 24.8 Å². The average Bonchev–Trinajstić information content (AvgIpc) is 2.83. The summed E-state index contributed by atoms with van der Waals surface area (Å²) in [6, 6.07) is 14.0. The van der Waals surface area contributed by atoms with Crippen LogP contribution in [0.3, 0.4) is 0 Å². The first kappa shape index (κ1) is 16.5. The molecule has 0 radical (unpaired) electrons. The SMILES string of the molecule is Nc1ncccc1NC(=O)C1CCCCN(Cc2ccccc2)C1. The molecule has 1 unspecified atom stereocenters. The summed E-state index contributed by atoms with van der Waals surface area (Å²) in [5.41, 5.74) is 7.71. The van der Waals surface area contributed by atoms with Gasteiger partial charge in [-0.3, -0.25) is 9.69 Å². The van der Waals surface area contributed by atoms with Crippen LogP contribution in [0, 0.1) is 5.92 Å². The van der Waals surface area contributed by atoms with Gasteiger partial charge in [-0.05, 0) is 37.1 Å². The Hall–Kier alpha value is -2.40. The summed E-state index contributed by atoms with van der Waals surface area (Å²) in [5, 5.41) is 2.94. The van der Waals surface area contributed by atoms with E-state index in [0.717, 1.165) is 38.9 Å². The summed E-state index contributed by atoms with van der Waals surface area (Å²) in [4.78, 5) is 19.0. The van der Waals surface area contributed by atoms with E-state index in [9.17, 15) is 4.79 Å². The molecule has 5 nitrogen and oxygen atoms in total. The van der Waals surface area contributed by atoms with Crippen LogP contribution in [0.5, 0.6) is 0 Å². The van der Waals surface area contributed by atoms with Crippen molar-refractivity contribution in [3.05, 3.63) is 54.2 Å². The Morgan fingerprint density at radius 3 is 2.83 bits per heavy atom. The van der Waals surface area contributed by atoms with E-state index in [1.54, 1.807) is 18.3 Å². The number of rotatable bonds is 4. The van der Waals surface area contributed by atoms with Crippen LogP contribution in [-0.4, -0.2) is 28.9 Å². The highest BCUT2D eigenvalue weighted by molar-refractivity contribution is 5.94. The zero-order chi connectivity index (χ0) is 16.8. The van der Waals surface area contributed by atoms with E-state index in [4.69, 9.17) is 5.73 Å². The zero-order valence-corrected chi connectivity index (χ0v) is 13.8. The molecule has 0 saturated carbocycles. The van der Waals surface area contributed by atoms with E-state index in [2.05, 4.69) is 39.5 Å². The van der Waals surface area contributed by atoms with E-state index in [1.165, 1.54) is 5.56 Å². The lowest BCUT2D eigenvalue weighted by atomic mass is 10.0. The van der Waals surface area contributed by atoms with Crippen molar-refractivity contribution >= 4 is 17.4 Å². The van der Waals surface area contributed by atoms with Gasteiger partial charge in [0.05, 0.1) is 11.6 Å². The molecule has 24 heavy (non-hydrogen) atoms. The second kappa shape index (κ2) is 7.93. The van der Waals surface area contributed by atoms with Gasteiger partial charge in [-0.2, -0.15) is 0 Å². The van der Waals surface area contributed by atoms with Gasteiger partial charge >= 0.3 is 0 Å². The van der Waals surface area contributed by atoms with E-state index in [0.29, 0.717) is 11.5 Å². The lowest BCUT2D eigenvalue weighted by Gasteiger charge is -2.24. The highest BCUT2D eigenvalue weighted by atomic mass is 16.1. The predicted octanol–water partition coefficient (Wildman–Crippen LogP) is 2.90. The molecule has 2 heterocycles. The van der Waals surface area contributed by atoms with Gasteiger partial charge in [-0.25, -0.2) is 4.98 Å². The summed E-state index contributed by atoms with van der Waals surface area (Å²) in [6.45, 7) is 2.70. The van der Waals surface area contributed by atoms with Crippen LogP contribution in [0.2, 0.25) is 0 Å². The number of hydrogen-bond donors (Lipinski definition) is 2. The number of hydrogen-bond acceptors (Lipinski definition) is 4. The first-order chi connectivity index (χ1) is 11.7. The second-order valence-corrected chi connectivity index (χ2v) is 6.34. The molecule has 0 bridgehead atoms. The normalized spacial score (nSPS) is 18.8. The number of pyridine rings is 1. The van der Waals surface area contributed by atoms with Gasteiger partial charge in [-0.1, -0.05) is 36.8 Å². The fourth-order valence-electron chi connectivity index (χ4n) is 3.18. The van der Waals surface area contributed by atoms with Crippen molar-refractivity contribution in [2.75, 3.05) is 24.1 Å². The number of nitrogens with zero attached hydrogens (tertiary/aromatic N) is 2. The molecule has 1 atom stereocenters. The van der Waals surface area contributed by atoms with Gasteiger partial charge in [0.15, 0.2) is 0 Å². The standard InChI is InChI=1S/C19H24N4O/c20-18-17(10-6-11-21-18)22-19(24)16-9-4-5-12-23(14-16)13-15-7-2-1-3-8-15/h1-3,6-8,10-11,16H,4-5,9,12-14H2,(H2,20,21)(H,22,24). The van der Waals surface area contributed by atoms with Gasteiger partial charge in [-0.15, -0.1) is 0 Å². The Balaban J connectivity index is 1.64. The van der Waals surface area contributed by atoms with Crippen molar-refractivity contribution in [2.45, 2.75) is 25.8 Å². The molecule has 1 amide bonds. The number of amides is 1. The minimum Gasteiger partial charge on any atom is -0.382 e. The number of nitrogens with one attached hydrogen (secondary N) is 1. The molecule has 1 aromatic carbocycles. The summed E-state index contributed by atoms with van der Waals surface area (Å²) in [7, 11) is 0. The Labute approximate surface area is 142 Å².